The van der Waals surface area contributed by atoms with Crippen molar-refractivity contribution in [2.24, 2.45) is 11.7 Å². The largest absolute Gasteiger partial charge is 0.446 e. The fraction of sp³-hybridized carbons (Fsp3) is 0.533. The number of carbonyl (C=O) groups excluding carboxylic acids is 1. The van der Waals surface area contributed by atoms with Crippen molar-refractivity contribution in [2.45, 2.75) is 39.3 Å². The van der Waals surface area contributed by atoms with Crippen molar-refractivity contribution in [1.29, 1.82) is 0 Å². The van der Waals surface area contributed by atoms with Gasteiger partial charge >= 0.3 is 0 Å². The molecule has 0 radical (unpaired) electrons. The van der Waals surface area contributed by atoms with Gasteiger partial charge in [0.25, 0.3) is 5.91 Å². The highest BCUT2D eigenvalue weighted by atomic mass is 16.3. The van der Waals surface area contributed by atoms with Gasteiger partial charge in [-0.25, -0.2) is 9.97 Å². The van der Waals surface area contributed by atoms with E-state index in [0.717, 1.165) is 19.4 Å². The first-order valence-electron chi connectivity index (χ1n) is 7.51. The van der Waals surface area contributed by atoms with Gasteiger partial charge in [0.2, 0.25) is 5.89 Å². The molecule has 7 nitrogen and oxygen atoms in total. The molecule has 1 atom stereocenters. The molecule has 7 heteroatoms. The Kier molecular flexibility index (Phi) is 5.71. The smallest absolute Gasteiger partial charge is 0.273 e. The second-order valence-corrected chi connectivity index (χ2v) is 5.72. The average molecular weight is 305 g/mol. The summed E-state index contributed by atoms with van der Waals surface area (Å²) in [6, 6.07) is -0.275. The Morgan fingerprint density at radius 2 is 2.32 bits per heavy atom. The second-order valence-electron chi connectivity index (χ2n) is 5.72. The lowest BCUT2D eigenvalue weighted by molar-refractivity contribution is 0.0947. The van der Waals surface area contributed by atoms with Gasteiger partial charge < -0.3 is 20.0 Å². The summed E-state index contributed by atoms with van der Waals surface area (Å²) in [5.74, 6) is 0.622. The topological polar surface area (TPSA) is 99.0 Å². The van der Waals surface area contributed by atoms with Crippen LogP contribution < -0.4 is 11.1 Å². The Balaban J connectivity index is 1.76. The van der Waals surface area contributed by atoms with Crippen LogP contribution in [0, 0.1) is 5.92 Å². The molecule has 2 rings (SSSR count). The number of aryl methyl sites for hydroxylation is 1. The number of rotatable bonds is 8. The number of imidazole rings is 1. The number of amides is 1. The molecule has 1 amide bonds. The van der Waals surface area contributed by atoms with E-state index >= 15 is 0 Å². The van der Waals surface area contributed by atoms with Gasteiger partial charge in [-0.15, -0.1) is 0 Å². The third kappa shape index (κ3) is 4.70. The third-order valence-electron chi connectivity index (χ3n) is 3.23. The number of nitrogens with zero attached hydrogens (tertiary/aromatic N) is 3. The van der Waals surface area contributed by atoms with Gasteiger partial charge in [-0.05, 0) is 18.8 Å². The van der Waals surface area contributed by atoms with E-state index in [0.29, 0.717) is 18.4 Å². The molecular weight excluding hydrogens is 282 g/mol. The van der Waals surface area contributed by atoms with Gasteiger partial charge in [-0.1, -0.05) is 13.8 Å². The number of hydrogen-bond donors (Lipinski definition) is 2. The quantitative estimate of drug-likeness (QED) is 0.724. The molecule has 2 aromatic rings. The number of carbonyl (C=O) groups is 1. The Morgan fingerprint density at radius 3 is 3.00 bits per heavy atom. The highest BCUT2D eigenvalue weighted by Gasteiger charge is 2.17. The fourth-order valence-corrected chi connectivity index (χ4v) is 2.14. The molecule has 2 aromatic heterocycles. The fourth-order valence-electron chi connectivity index (χ4n) is 2.14. The van der Waals surface area contributed by atoms with Crippen molar-refractivity contribution in [2.75, 3.05) is 6.54 Å². The minimum atomic E-state index is -0.275. The van der Waals surface area contributed by atoms with Crippen LogP contribution in [0.25, 0.3) is 0 Å². The van der Waals surface area contributed by atoms with E-state index in [1.807, 2.05) is 10.8 Å². The van der Waals surface area contributed by atoms with Crippen molar-refractivity contribution in [3.05, 3.63) is 36.6 Å². The summed E-state index contributed by atoms with van der Waals surface area (Å²) in [4.78, 5) is 20.1. The SMILES string of the molecule is CC(C)CC(N)c1nc(C(=O)NCCCn2ccnc2)co1. The molecule has 0 aliphatic heterocycles. The van der Waals surface area contributed by atoms with Gasteiger partial charge in [-0.3, -0.25) is 4.79 Å². The number of hydrogen-bond acceptors (Lipinski definition) is 5. The maximum Gasteiger partial charge on any atom is 0.273 e. The van der Waals surface area contributed by atoms with Crippen molar-refractivity contribution in [3.8, 4) is 0 Å². The van der Waals surface area contributed by atoms with Crippen molar-refractivity contribution < 1.29 is 9.21 Å². The maximum atomic E-state index is 12.0. The van der Waals surface area contributed by atoms with Crippen molar-refractivity contribution in [1.82, 2.24) is 19.9 Å². The van der Waals surface area contributed by atoms with E-state index in [1.54, 1.807) is 12.5 Å². The van der Waals surface area contributed by atoms with Crippen molar-refractivity contribution >= 4 is 5.91 Å². The Morgan fingerprint density at radius 1 is 1.50 bits per heavy atom. The van der Waals surface area contributed by atoms with Crippen LogP contribution in [0.3, 0.4) is 0 Å². The predicted molar refractivity (Wildman–Crippen MR) is 82.1 cm³/mol. The minimum Gasteiger partial charge on any atom is -0.446 e. The van der Waals surface area contributed by atoms with Crippen molar-refractivity contribution in [3.63, 3.8) is 0 Å². The van der Waals surface area contributed by atoms with Gasteiger partial charge in [0.1, 0.15) is 6.26 Å². The maximum absolute atomic E-state index is 12.0. The third-order valence-corrected chi connectivity index (χ3v) is 3.23. The molecule has 0 bridgehead atoms. The van der Waals surface area contributed by atoms with Gasteiger partial charge in [0.05, 0.1) is 12.4 Å². The molecule has 0 aromatic carbocycles. The van der Waals surface area contributed by atoms with Crippen LogP contribution in [0.5, 0.6) is 0 Å². The van der Waals surface area contributed by atoms with Crippen LogP contribution in [-0.2, 0) is 6.54 Å². The molecule has 0 spiro atoms. The van der Waals surface area contributed by atoms with E-state index < -0.39 is 0 Å². The molecule has 22 heavy (non-hydrogen) atoms. The lowest BCUT2D eigenvalue weighted by atomic mass is 10.0. The van der Waals surface area contributed by atoms with Crippen LogP contribution in [0.15, 0.2) is 29.4 Å². The average Bonchev–Trinajstić information content (AvgIpc) is 3.13. The van der Waals surface area contributed by atoms with E-state index in [2.05, 4.69) is 29.1 Å². The summed E-state index contributed by atoms with van der Waals surface area (Å²) in [7, 11) is 0. The minimum absolute atomic E-state index is 0.239. The second kappa shape index (κ2) is 7.74. The Bertz CT molecular complexity index is 577. The lowest BCUT2D eigenvalue weighted by Gasteiger charge is -2.09. The summed E-state index contributed by atoms with van der Waals surface area (Å²) < 4.78 is 7.27. The first-order chi connectivity index (χ1) is 10.6. The van der Waals surface area contributed by atoms with Crippen LogP contribution >= 0.6 is 0 Å². The first-order valence-corrected chi connectivity index (χ1v) is 7.51. The molecule has 3 N–H and O–H groups in total. The zero-order chi connectivity index (χ0) is 15.9. The Hall–Kier alpha value is -2.15. The highest BCUT2D eigenvalue weighted by Crippen LogP contribution is 2.17. The Labute approximate surface area is 129 Å². The molecule has 1 unspecified atom stereocenters. The van der Waals surface area contributed by atoms with Gasteiger partial charge in [0.15, 0.2) is 5.69 Å². The zero-order valence-corrected chi connectivity index (χ0v) is 13.0. The van der Waals surface area contributed by atoms with Crippen LogP contribution in [-0.4, -0.2) is 27.0 Å². The summed E-state index contributed by atoms with van der Waals surface area (Å²) >= 11 is 0. The standard InChI is InChI=1S/C15H23N5O2/c1-11(2)8-12(16)15-19-13(9-22-15)14(21)18-4-3-6-20-7-5-17-10-20/h5,7,9-12H,3-4,6,8,16H2,1-2H3,(H,18,21). The number of nitrogens with one attached hydrogen (secondary N) is 1. The first kappa shape index (κ1) is 16.2. The molecule has 0 saturated heterocycles. The van der Waals surface area contributed by atoms with E-state index in [4.69, 9.17) is 10.2 Å². The van der Waals surface area contributed by atoms with E-state index in [1.165, 1.54) is 6.26 Å². The van der Waals surface area contributed by atoms with Crippen LogP contribution in [0.1, 0.15) is 49.1 Å². The van der Waals surface area contributed by atoms with Gasteiger partial charge in [-0.2, -0.15) is 0 Å². The van der Waals surface area contributed by atoms with Gasteiger partial charge in [0, 0.05) is 25.5 Å². The molecule has 0 aliphatic rings. The van der Waals surface area contributed by atoms with E-state index in [-0.39, 0.29) is 17.6 Å². The summed E-state index contributed by atoms with van der Waals surface area (Å²) in [5.41, 5.74) is 6.26. The highest BCUT2D eigenvalue weighted by molar-refractivity contribution is 5.91. The molecular formula is C15H23N5O2. The van der Waals surface area contributed by atoms with Crippen LogP contribution in [0.2, 0.25) is 0 Å². The predicted octanol–water partition coefficient (Wildman–Crippen LogP) is 1.74. The molecule has 2 heterocycles. The zero-order valence-electron chi connectivity index (χ0n) is 13.0. The van der Waals surface area contributed by atoms with E-state index in [9.17, 15) is 4.79 Å². The lowest BCUT2D eigenvalue weighted by Crippen LogP contribution is -2.25. The number of nitrogens with two attached hydrogens (primary N) is 1. The molecule has 0 aliphatic carbocycles. The number of oxazole rings is 1. The normalized spacial score (nSPS) is 12.5. The molecule has 0 fully saturated rings. The summed E-state index contributed by atoms with van der Waals surface area (Å²) in [5, 5.41) is 2.82. The molecule has 0 saturated carbocycles. The summed E-state index contributed by atoms with van der Waals surface area (Å²) in [6.07, 6.45) is 8.33. The monoisotopic (exact) mass is 305 g/mol. The summed E-state index contributed by atoms with van der Waals surface area (Å²) in [6.45, 7) is 5.54. The molecule has 120 valence electrons. The van der Waals surface area contributed by atoms with Crippen LogP contribution in [0.4, 0.5) is 0 Å². The number of aromatic nitrogens is 3.